The molecule has 6 heteroatoms. The third kappa shape index (κ3) is 4.58. The molecule has 20 heavy (non-hydrogen) atoms. The van der Waals surface area contributed by atoms with Gasteiger partial charge in [0.25, 0.3) is 5.91 Å². The van der Waals surface area contributed by atoms with Gasteiger partial charge in [-0.1, -0.05) is 0 Å². The van der Waals surface area contributed by atoms with E-state index in [-0.39, 0.29) is 23.9 Å². The van der Waals surface area contributed by atoms with E-state index in [0.717, 1.165) is 23.0 Å². The molecule has 1 heterocycles. The van der Waals surface area contributed by atoms with E-state index in [0.29, 0.717) is 18.7 Å². The van der Waals surface area contributed by atoms with E-state index in [9.17, 15) is 4.79 Å². The minimum Gasteiger partial charge on any atom is -0.383 e. The second-order valence-electron chi connectivity index (χ2n) is 4.93. The van der Waals surface area contributed by atoms with Gasteiger partial charge in [0.05, 0.1) is 12.1 Å². The summed E-state index contributed by atoms with van der Waals surface area (Å²) in [5.74, 6) is -0.0272. The molecule has 0 spiro atoms. The highest BCUT2D eigenvalue weighted by molar-refractivity contribution is 14.1. The van der Waals surface area contributed by atoms with E-state index >= 15 is 0 Å². The van der Waals surface area contributed by atoms with Crippen LogP contribution in [0.15, 0.2) is 24.3 Å². The fourth-order valence-corrected chi connectivity index (χ4v) is 2.78. The van der Waals surface area contributed by atoms with Crippen LogP contribution in [0.2, 0.25) is 0 Å². The molecule has 2 rings (SSSR count). The molecule has 1 aliphatic heterocycles. The number of amides is 1. The molecule has 1 aliphatic rings. The van der Waals surface area contributed by atoms with Gasteiger partial charge in [0.1, 0.15) is 0 Å². The molecule has 4 nitrogen and oxygen atoms in total. The normalized spacial score (nSPS) is 21.3. The standard InChI is InChI=1S/C14H19IN2O2.ClH/c1-19-10-14(7-2-8-17-14)9-16-13(18)11-3-5-12(15)6-4-11;/h3-6,17H,2,7-10H2,1H3,(H,16,18);1H. The first kappa shape index (κ1) is 17.7. The lowest BCUT2D eigenvalue weighted by Crippen LogP contribution is -2.52. The van der Waals surface area contributed by atoms with Gasteiger partial charge in [0.2, 0.25) is 0 Å². The summed E-state index contributed by atoms with van der Waals surface area (Å²) in [5, 5.41) is 6.45. The summed E-state index contributed by atoms with van der Waals surface area (Å²) in [6.45, 7) is 2.22. The van der Waals surface area contributed by atoms with Crippen molar-refractivity contribution >= 4 is 40.9 Å². The minimum absolute atomic E-state index is 0. The zero-order chi connectivity index (χ0) is 13.7. The summed E-state index contributed by atoms with van der Waals surface area (Å²) in [4.78, 5) is 12.1. The van der Waals surface area contributed by atoms with Gasteiger partial charge in [-0.3, -0.25) is 4.79 Å². The lowest BCUT2D eigenvalue weighted by atomic mass is 9.98. The molecule has 1 saturated heterocycles. The quantitative estimate of drug-likeness (QED) is 0.732. The van der Waals surface area contributed by atoms with Crippen molar-refractivity contribution in [1.82, 2.24) is 10.6 Å². The van der Waals surface area contributed by atoms with Crippen molar-refractivity contribution in [3.63, 3.8) is 0 Å². The predicted molar refractivity (Wildman–Crippen MR) is 90.6 cm³/mol. The molecule has 0 saturated carbocycles. The molecule has 1 atom stereocenters. The fraction of sp³-hybridized carbons (Fsp3) is 0.500. The molecule has 2 N–H and O–H groups in total. The highest BCUT2D eigenvalue weighted by Crippen LogP contribution is 2.19. The number of rotatable bonds is 5. The lowest BCUT2D eigenvalue weighted by molar-refractivity contribution is 0.0892. The Morgan fingerprint density at radius 2 is 2.15 bits per heavy atom. The number of carbonyl (C=O) groups is 1. The first-order valence-electron chi connectivity index (χ1n) is 6.43. The summed E-state index contributed by atoms with van der Waals surface area (Å²) in [6.07, 6.45) is 2.16. The number of hydrogen-bond donors (Lipinski definition) is 2. The zero-order valence-electron chi connectivity index (χ0n) is 11.4. The number of hydrogen-bond acceptors (Lipinski definition) is 3. The van der Waals surface area contributed by atoms with E-state index in [1.165, 1.54) is 0 Å². The SMILES string of the molecule is COCC1(CNC(=O)c2ccc(I)cc2)CCCN1.Cl. The number of nitrogens with one attached hydrogen (secondary N) is 2. The Morgan fingerprint density at radius 1 is 1.45 bits per heavy atom. The second-order valence-corrected chi connectivity index (χ2v) is 6.18. The predicted octanol–water partition coefficient (Wildman–Crippen LogP) is 2.21. The van der Waals surface area contributed by atoms with Gasteiger partial charge in [0, 0.05) is 22.8 Å². The Balaban J connectivity index is 0.00000200. The number of benzene rings is 1. The van der Waals surface area contributed by atoms with Crippen molar-refractivity contribution in [1.29, 1.82) is 0 Å². The van der Waals surface area contributed by atoms with Crippen LogP contribution < -0.4 is 10.6 Å². The lowest BCUT2D eigenvalue weighted by Gasteiger charge is -2.28. The van der Waals surface area contributed by atoms with Crippen LogP contribution in [0.25, 0.3) is 0 Å². The van der Waals surface area contributed by atoms with Crippen molar-refractivity contribution in [2.45, 2.75) is 18.4 Å². The van der Waals surface area contributed by atoms with E-state index in [4.69, 9.17) is 4.74 Å². The van der Waals surface area contributed by atoms with E-state index < -0.39 is 0 Å². The summed E-state index contributed by atoms with van der Waals surface area (Å²) >= 11 is 2.23. The first-order valence-corrected chi connectivity index (χ1v) is 7.51. The summed E-state index contributed by atoms with van der Waals surface area (Å²) in [6, 6.07) is 7.58. The molecular formula is C14H20ClIN2O2. The average molecular weight is 411 g/mol. The van der Waals surface area contributed by atoms with Crippen molar-refractivity contribution < 1.29 is 9.53 Å². The Hall–Kier alpha value is -0.370. The minimum atomic E-state index is -0.104. The number of ether oxygens (including phenoxy) is 1. The molecule has 1 fully saturated rings. The van der Waals surface area contributed by atoms with Gasteiger partial charge in [0.15, 0.2) is 0 Å². The van der Waals surface area contributed by atoms with Crippen LogP contribution in [0.5, 0.6) is 0 Å². The topological polar surface area (TPSA) is 50.4 Å². The van der Waals surface area contributed by atoms with Crippen molar-refractivity contribution in [3.05, 3.63) is 33.4 Å². The molecule has 0 radical (unpaired) electrons. The Morgan fingerprint density at radius 3 is 2.70 bits per heavy atom. The Bertz CT molecular complexity index is 433. The Kier molecular flexibility index (Phi) is 7.22. The van der Waals surface area contributed by atoms with Gasteiger partial charge in [-0.05, 0) is 66.2 Å². The van der Waals surface area contributed by atoms with Crippen LogP contribution >= 0.6 is 35.0 Å². The number of methoxy groups -OCH3 is 1. The molecule has 1 unspecified atom stereocenters. The summed E-state index contributed by atoms with van der Waals surface area (Å²) in [7, 11) is 1.70. The van der Waals surface area contributed by atoms with E-state index in [1.807, 2.05) is 24.3 Å². The van der Waals surface area contributed by atoms with E-state index in [1.54, 1.807) is 7.11 Å². The maximum absolute atomic E-state index is 12.1. The number of carbonyl (C=O) groups excluding carboxylic acids is 1. The average Bonchev–Trinajstić information content (AvgIpc) is 2.86. The number of halogens is 2. The van der Waals surface area contributed by atoms with Crippen LogP contribution in [-0.4, -0.2) is 38.3 Å². The van der Waals surface area contributed by atoms with E-state index in [2.05, 4.69) is 33.2 Å². The maximum Gasteiger partial charge on any atom is 0.251 e. The largest absolute Gasteiger partial charge is 0.383 e. The smallest absolute Gasteiger partial charge is 0.251 e. The van der Waals surface area contributed by atoms with Crippen molar-refractivity contribution in [3.8, 4) is 0 Å². The third-order valence-electron chi connectivity index (χ3n) is 3.45. The second kappa shape index (κ2) is 8.17. The molecule has 1 amide bonds. The molecule has 112 valence electrons. The zero-order valence-corrected chi connectivity index (χ0v) is 14.4. The highest BCUT2D eigenvalue weighted by atomic mass is 127. The van der Waals surface area contributed by atoms with Gasteiger partial charge in [-0.25, -0.2) is 0 Å². The molecule has 0 aliphatic carbocycles. The maximum atomic E-state index is 12.1. The van der Waals surface area contributed by atoms with Crippen molar-refractivity contribution in [2.24, 2.45) is 0 Å². The molecular weight excluding hydrogens is 391 g/mol. The van der Waals surface area contributed by atoms with Crippen molar-refractivity contribution in [2.75, 3.05) is 26.8 Å². The van der Waals surface area contributed by atoms with Crippen LogP contribution in [0.3, 0.4) is 0 Å². The third-order valence-corrected chi connectivity index (χ3v) is 4.17. The van der Waals surface area contributed by atoms with Crippen LogP contribution in [0, 0.1) is 3.57 Å². The molecule has 0 aromatic heterocycles. The van der Waals surface area contributed by atoms with Gasteiger partial charge < -0.3 is 15.4 Å². The molecule has 1 aromatic carbocycles. The first-order chi connectivity index (χ1) is 9.15. The van der Waals surface area contributed by atoms with Crippen LogP contribution in [0.4, 0.5) is 0 Å². The van der Waals surface area contributed by atoms with Gasteiger partial charge >= 0.3 is 0 Å². The monoisotopic (exact) mass is 410 g/mol. The summed E-state index contributed by atoms with van der Waals surface area (Å²) < 4.78 is 6.40. The van der Waals surface area contributed by atoms with Gasteiger partial charge in [-0.2, -0.15) is 0 Å². The highest BCUT2D eigenvalue weighted by Gasteiger charge is 2.33. The van der Waals surface area contributed by atoms with Crippen LogP contribution in [-0.2, 0) is 4.74 Å². The Labute approximate surface area is 139 Å². The van der Waals surface area contributed by atoms with Crippen LogP contribution in [0.1, 0.15) is 23.2 Å². The van der Waals surface area contributed by atoms with Gasteiger partial charge in [-0.15, -0.1) is 12.4 Å². The fourth-order valence-electron chi connectivity index (χ4n) is 2.42. The molecule has 1 aromatic rings. The molecule has 0 bridgehead atoms. The summed E-state index contributed by atoms with van der Waals surface area (Å²) in [5.41, 5.74) is 0.596.